The van der Waals surface area contributed by atoms with Crippen LogP contribution < -0.4 is 10.6 Å². The van der Waals surface area contributed by atoms with E-state index >= 15 is 0 Å². The molecular weight excluding hydrogens is 308 g/mol. The number of ether oxygens (including phenoxy) is 1. The number of hydrogen-bond donors (Lipinski definition) is 2. The minimum absolute atomic E-state index is 0.286. The van der Waals surface area contributed by atoms with E-state index in [1.165, 1.54) is 4.90 Å². The third-order valence-electron chi connectivity index (χ3n) is 4.58. The number of hydrogen-bond acceptors (Lipinski definition) is 5. The summed E-state index contributed by atoms with van der Waals surface area (Å²) < 4.78 is 5.46. The fourth-order valence-corrected chi connectivity index (χ4v) is 3.39. The molecule has 2 amide bonds. The first-order valence-corrected chi connectivity index (χ1v) is 7.94. The average Bonchev–Trinajstić information content (AvgIpc) is 2.60. The summed E-state index contributed by atoms with van der Waals surface area (Å²) in [5.74, 6) is 0.631. The molecule has 0 aliphatic carbocycles. The van der Waals surface area contributed by atoms with E-state index in [1.54, 1.807) is 18.6 Å². The number of nitrogens with zero attached hydrogens (tertiary/aromatic N) is 3. The van der Waals surface area contributed by atoms with E-state index in [2.05, 4.69) is 9.97 Å². The summed E-state index contributed by atoms with van der Waals surface area (Å²) in [6, 6.07) is 1.54. The van der Waals surface area contributed by atoms with Gasteiger partial charge < -0.3 is 15.6 Å². The van der Waals surface area contributed by atoms with Crippen molar-refractivity contribution < 1.29 is 14.6 Å². The van der Waals surface area contributed by atoms with Crippen LogP contribution in [0.3, 0.4) is 0 Å². The summed E-state index contributed by atoms with van der Waals surface area (Å²) in [4.78, 5) is 21.8. The molecule has 0 aromatic carbocycles. The molecule has 0 fully saturated rings. The highest BCUT2D eigenvalue weighted by Gasteiger charge is 2.25. The summed E-state index contributed by atoms with van der Waals surface area (Å²) >= 11 is 0. The topological polar surface area (TPSA) is 102 Å². The normalized spacial score (nSPS) is 19.5. The molecule has 0 spiro atoms. The van der Waals surface area contributed by atoms with Crippen molar-refractivity contribution in [2.24, 2.45) is 5.73 Å². The van der Waals surface area contributed by atoms with Crippen molar-refractivity contribution in [3.63, 3.8) is 0 Å². The fraction of sp³-hybridized carbons (Fsp3) is 0.353. The number of rotatable bonds is 1. The molecule has 4 heterocycles. The van der Waals surface area contributed by atoms with E-state index in [-0.39, 0.29) is 6.61 Å². The van der Waals surface area contributed by atoms with E-state index in [4.69, 9.17) is 10.5 Å². The highest BCUT2D eigenvalue weighted by atomic mass is 16.5. The standard InChI is InChI=1S/C17H18N4O3/c18-17(23)21-3-1-2-10-4-11(5-20-16(10)21)12-6-19-7-13-14(12)8-24-9-15(13)22/h4-7,15,22H,1-3,8-9H2,(H2,18,23). The number of amides is 2. The number of carbonyl (C=O) groups excluding carboxylic acids is 1. The van der Waals surface area contributed by atoms with Crippen LogP contribution in [0.1, 0.15) is 29.2 Å². The molecule has 124 valence electrons. The molecule has 7 heteroatoms. The number of aryl methyl sites for hydroxylation is 1. The van der Waals surface area contributed by atoms with Crippen molar-refractivity contribution in [2.75, 3.05) is 18.1 Å². The second-order valence-corrected chi connectivity index (χ2v) is 6.09. The first-order chi connectivity index (χ1) is 11.6. The molecule has 3 N–H and O–H groups in total. The van der Waals surface area contributed by atoms with Gasteiger partial charge in [-0.2, -0.15) is 0 Å². The lowest BCUT2D eigenvalue weighted by Gasteiger charge is -2.27. The first kappa shape index (κ1) is 15.0. The predicted molar refractivity (Wildman–Crippen MR) is 87.3 cm³/mol. The number of fused-ring (bicyclic) bond motifs is 2. The maximum Gasteiger partial charge on any atom is 0.320 e. The fourth-order valence-electron chi connectivity index (χ4n) is 3.39. The first-order valence-electron chi connectivity index (χ1n) is 7.94. The molecule has 1 unspecified atom stereocenters. The minimum atomic E-state index is -0.655. The predicted octanol–water partition coefficient (Wildman–Crippen LogP) is 1.54. The monoisotopic (exact) mass is 326 g/mol. The molecule has 4 rings (SSSR count). The second-order valence-electron chi connectivity index (χ2n) is 6.09. The Kier molecular flexibility index (Phi) is 3.66. The maximum absolute atomic E-state index is 11.6. The highest BCUT2D eigenvalue weighted by Crippen LogP contribution is 2.34. The van der Waals surface area contributed by atoms with E-state index in [0.29, 0.717) is 19.0 Å². The molecule has 2 aromatic heterocycles. The Balaban J connectivity index is 1.79. The lowest BCUT2D eigenvalue weighted by atomic mass is 9.94. The Bertz CT molecular complexity index is 808. The van der Waals surface area contributed by atoms with E-state index in [1.807, 2.05) is 6.07 Å². The summed E-state index contributed by atoms with van der Waals surface area (Å²) in [6.07, 6.45) is 6.22. The lowest BCUT2D eigenvalue weighted by molar-refractivity contribution is 0.00981. The van der Waals surface area contributed by atoms with Crippen LogP contribution in [0.25, 0.3) is 11.1 Å². The summed E-state index contributed by atoms with van der Waals surface area (Å²) in [5, 5.41) is 10.1. The van der Waals surface area contributed by atoms with Crippen LogP contribution >= 0.6 is 0 Å². The molecular formula is C17H18N4O3. The Morgan fingerprint density at radius 1 is 1.38 bits per heavy atom. The van der Waals surface area contributed by atoms with Crippen LogP contribution in [-0.2, 0) is 17.8 Å². The van der Waals surface area contributed by atoms with Gasteiger partial charge in [-0.3, -0.25) is 9.88 Å². The zero-order valence-corrected chi connectivity index (χ0v) is 13.1. The third-order valence-corrected chi connectivity index (χ3v) is 4.58. The maximum atomic E-state index is 11.6. The molecule has 0 saturated carbocycles. The zero-order chi connectivity index (χ0) is 16.7. The number of pyridine rings is 2. The van der Waals surface area contributed by atoms with Crippen LogP contribution in [0.2, 0.25) is 0 Å². The molecule has 7 nitrogen and oxygen atoms in total. The van der Waals surface area contributed by atoms with Gasteiger partial charge in [0.2, 0.25) is 0 Å². The molecule has 0 saturated heterocycles. The van der Waals surface area contributed by atoms with Gasteiger partial charge in [-0.25, -0.2) is 9.78 Å². The van der Waals surface area contributed by atoms with E-state index in [9.17, 15) is 9.90 Å². The number of primary amides is 1. The Hall–Kier alpha value is -2.51. The van der Waals surface area contributed by atoms with Gasteiger partial charge in [0.15, 0.2) is 0 Å². The Morgan fingerprint density at radius 2 is 2.25 bits per heavy atom. The number of carbonyl (C=O) groups is 1. The van der Waals surface area contributed by atoms with E-state index in [0.717, 1.165) is 40.7 Å². The van der Waals surface area contributed by atoms with Gasteiger partial charge >= 0.3 is 6.03 Å². The Morgan fingerprint density at radius 3 is 3.08 bits per heavy atom. The van der Waals surface area contributed by atoms with Crippen molar-refractivity contribution >= 4 is 11.8 Å². The molecule has 24 heavy (non-hydrogen) atoms. The summed E-state index contributed by atoms with van der Waals surface area (Å²) in [7, 11) is 0. The average molecular weight is 326 g/mol. The van der Waals surface area contributed by atoms with Crippen molar-refractivity contribution in [2.45, 2.75) is 25.6 Å². The quantitative estimate of drug-likeness (QED) is 0.827. The van der Waals surface area contributed by atoms with Crippen LogP contribution in [-0.4, -0.2) is 34.3 Å². The van der Waals surface area contributed by atoms with Gasteiger partial charge in [0.1, 0.15) is 11.9 Å². The molecule has 1 atom stereocenters. The van der Waals surface area contributed by atoms with E-state index < -0.39 is 12.1 Å². The van der Waals surface area contributed by atoms with Gasteiger partial charge in [-0.15, -0.1) is 0 Å². The van der Waals surface area contributed by atoms with Gasteiger partial charge in [-0.05, 0) is 30.0 Å². The second kappa shape index (κ2) is 5.85. The smallest absolute Gasteiger partial charge is 0.320 e. The number of anilines is 1. The van der Waals surface area contributed by atoms with Crippen LogP contribution in [0.15, 0.2) is 24.7 Å². The number of aliphatic hydroxyl groups excluding tert-OH is 1. The van der Waals surface area contributed by atoms with Crippen LogP contribution in [0, 0.1) is 0 Å². The summed E-state index contributed by atoms with van der Waals surface area (Å²) in [6.45, 7) is 1.32. The molecule has 0 bridgehead atoms. The van der Waals surface area contributed by atoms with Gasteiger partial charge in [0.05, 0.1) is 13.2 Å². The molecule has 0 radical (unpaired) electrons. The van der Waals surface area contributed by atoms with Crippen molar-refractivity contribution in [3.05, 3.63) is 41.3 Å². The van der Waals surface area contributed by atoms with Gasteiger partial charge in [-0.1, -0.05) is 0 Å². The van der Waals surface area contributed by atoms with Crippen molar-refractivity contribution in [3.8, 4) is 11.1 Å². The molecule has 2 aliphatic heterocycles. The van der Waals surface area contributed by atoms with Crippen molar-refractivity contribution in [1.82, 2.24) is 9.97 Å². The van der Waals surface area contributed by atoms with Gasteiger partial charge in [0.25, 0.3) is 0 Å². The van der Waals surface area contributed by atoms with Crippen LogP contribution in [0.5, 0.6) is 0 Å². The zero-order valence-electron chi connectivity index (χ0n) is 13.1. The molecule has 2 aliphatic rings. The summed E-state index contributed by atoms with van der Waals surface area (Å²) in [5.41, 5.74) is 9.97. The SMILES string of the molecule is NC(=O)N1CCCc2cc(-c3cncc4c3COCC4O)cnc21. The lowest BCUT2D eigenvalue weighted by Crippen LogP contribution is -2.40. The van der Waals surface area contributed by atoms with Crippen molar-refractivity contribution in [1.29, 1.82) is 0 Å². The highest BCUT2D eigenvalue weighted by molar-refractivity contribution is 5.91. The third kappa shape index (κ3) is 2.42. The number of aliphatic hydroxyl groups is 1. The molecule has 2 aromatic rings. The minimum Gasteiger partial charge on any atom is -0.386 e. The van der Waals surface area contributed by atoms with Gasteiger partial charge in [0, 0.05) is 41.8 Å². The number of aromatic nitrogens is 2. The number of nitrogens with two attached hydrogens (primary N) is 1. The number of urea groups is 1. The largest absolute Gasteiger partial charge is 0.386 e. The Labute approximate surface area is 139 Å². The van der Waals surface area contributed by atoms with Crippen LogP contribution in [0.4, 0.5) is 10.6 Å².